The highest BCUT2D eigenvalue weighted by molar-refractivity contribution is 6.14. The van der Waals surface area contributed by atoms with Crippen LogP contribution in [0.5, 0.6) is 0 Å². The molecule has 0 spiro atoms. The molecule has 25 heavy (non-hydrogen) atoms. The maximum Gasteiger partial charge on any atom is 0.0498 e. The Balaban J connectivity index is 1.96. The van der Waals surface area contributed by atoms with Gasteiger partial charge in [-0.05, 0) is 36.9 Å². The molecule has 3 aromatic carbocycles. The number of likely N-dealkylation sites (N-methyl/N-ethyl adjacent to an activating group) is 1. The van der Waals surface area contributed by atoms with E-state index in [1.165, 1.54) is 32.9 Å². The minimum absolute atomic E-state index is 1.01. The summed E-state index contributed by atoms with van der Waals surface area (Å²) in [4.78, 5) is 2.36. The molecule has 1 aromatic heterocycles. The van der Waals surface area contributed by atoms with Gasteiger partial charge >= 0.3 is 0 Å². The van der Waals surface area contributed by atoms with E-state index < -0.39 is 0 Å². The molecule has 2 nitrogen and oxygen atoms in total. The van der Waals surface area contributed by atoms with E-state index in [2.05, 4.69) is 96.2 Å². The maximum atomic E-state index is 2.48. The van der Waals surface area contributed by atoms with Crippen LogP contribution in [-0.2, 0) is 6.54 Å². The van der Waals surface area contributed by atoms with E-state index >= 15 is 0 Å². The summed E-state index contributed by atoms with van der Waals surface area (Å²) in [6.45, 7) is 5.35. The Morgan fingerprint density at radius 1 is 0.800 bits per heavy atom. The maximum absolute atomic E-state index is 2.48. The van der Waals surface area contributed by atoms with Crippen LogP contribution < -0.4 is 0 Å². The summed E-state index contributed by atoms with van der Waals surface area (Å²) in [5, 5.41) is 2.71. The highest BCUT2D eigenvalue weighted by Gasteiger charge is 2.14. The summed E-state index contributed by atoms with van der Waals surface area (Å²) in [7, 11) is 2.18. The molecule has 0 saturated heterocycles. The second kappa shape index (κ2) is 6.73. The molecule has 126 valence electrons. The second-order valence-corrected chi connectivity index (χ2v) is 6.63. The van der Waals surface area contributed by atoms with E-state index in [1.807, 2.05) is 0 Å². The van der Waals surface area contributed by atoms with Crippen molar-refractivity contribution in [2.24, 2.45) is 0 Å². The Morgan fingerprint density at radius 3 is 2.32 bits per heavy atom. The van der Waals surface area contributed by atoms with Crippen LogP contribution in [0.4, 0.5) is 0 Å². The summed E-state index contributed by atoms with van der Waals surface area (Å²) >= 11 is 0. The molecule has 0 bridgehead atoms. The van der Waals surface area contributed by atoms with Gasteiger partial charge in [0.1, 0.15) is 0 Å². The molecule has 0 unspecified atom stereocenters. The molecule has 0 aliphatic carbocycles. The highest BCUT2D eigenvalue weighted by Crippen LogP contribution is 2.36. The van der Waals surface area contributed by atoms with Crippen LogP contribution in [0.2, 0.25) is 0 Å². The monoisotopic (exact) mass is 328 g/mol. The molecule has 0 fully saturated rings. The quantitative estimate of drug-likeness (QED) is 0.475. The van der Waals surface area contributed by atoms with Crippen molar-refractivity contribution in [1.82, 2.24) is 9.47 Å². The molecule has 0 radical (unpaired) electrons. The Labute approximate surface area is 149 Å². The number of rotatable bonds is 5. The number of hydrogen-bond donors (Lipinski definition) is 0. The number of para-hydroxylation sites is 1. The van der Waals surface area contributed by atoms with Gasteiger partial charge < -0.3 is 9.47 Å². The molecular formula is C23H24N2. The first-order valence-electron chi connectivity index (χ1n) is 9.03. The van der Waals surface area contributed by atoms with Crippen LogP contribution in [0, 0.1) is 0 Å². The van der Waals surface area contributed by atoms with Crippen LogP contribution in [0.1, 0.15) is 6.92 Å². The SMILES string of the molecule is CCN(C)CCn1c2ccccc2c2c(-c3ccccc3)cccc21. The molecule has 0 N–H and O–H groups in total. The Kier molecular flexibility index (Phi) is 4.29. The number of aromatic nitrogens is 1. The lowest BCUT2D eigenvalue weighted by molar-refractivity contribution is 0.339. The van der Waals surface area contributed by atoms with Gasteiger partial charge in [0, 0.05) is 34.9 Å². The molecule has 4 aromatic rings. The third-order valence-corrected chi connectivity index (χ3v) is 5.13. The van der Waals surface area contributed by atoms with Crippen molar-refractivity contribution >= 4 is 21.8 Å². The van der Waals surface area contributed by atoms with Gasteiger partial charge in [-0.3, -0.25) is 0 Å². The van der Waals surface area contributed by atoms with Crippen LogP contribution in [0.15, 0.2) is 72.8 Å². The Bertz CT molecular complexity index is 999. The van der Waals surface area contributed by atoms with E-state index in [0.29, 0.717) is 0 Å². The van der Waals surface area contributed by atoms with Crippen LogP contribution in [0.25, 0.3) is 32.9 Å². The lowest BCUT2D eigenvalue weighted by Gasteiger charge is -2.15. The van der Waals surface area contributed by atoms with Gasteiger partial charge in [0.2, 0.25) is 0 Å². The molecule has 0 atom stereocenters. The van der Waals surface area contributed by atoms with E-state index in [1.54, 1.807) is 0 Å². The third kappa shape index (κ3) is 2.83. The molecule has 0 amide bonds. The van der Waals surface area contributed by atoms with Crippen molar-refractivity contribution in [1.29, 1.82) is 0 Å². The van der Waals surface area contributed by atoms with E-state index in [-0.39, 0.29) is 0 Å². The van der Waals surface area contributed by atoms with Gasteiger partial charge in [0.05, 0.1) is 0 Å². The zero-order chi connectivity index (χ0) is 17.2. The molecular weight excluding hydrogens is 304 g/mol. The van der Waals surface area contributed by atoms with Gasteiger partial charge in [-0.15, -0.1) is 0 Å². The highest BCUT2D eigenvalue weighted by atomic mass is 15.1. The summed E-state index contributed by atoms with van der Waals surface area (Å²) in [5.74, 6) is 0. The summed E-state index contributed by atoms with van der Waals surface area (Å²) in [6.07, 6.45) is 0. The number of fused-ring (bicyclic) bond motifs is 3. The van der Waals surface area contributed by atoms with Gasteiger partial charge in [0.25, 0.3) is 0 Å². The van der Waals surface area contributed by atoms with Crippen molar-refractivity contribution in [2.75, 3.05) is 20.1 Å². The van der Waals surface area contributed by atoms with Gasteiger partial charge in [-0.2, -0.15) is 0 Å². The summed E-state index contributed by atoms with van der Waals surface area (Å²) in [5.41, 5.74) is 5.25. The number of benzene rings is 3. The molecule has 1 heterocycles. The Hall–Kier alpha value is -2.58. The third-order valence-electron chi connectivity index (χ3n) is 5.13. The molecule has 4 rings (SSSR count). The minimum atomic E-state index is 1.01. The lowest BCUT2D eigenvalue weighted by atomic mass is 9.99. The summed E-state index contributed by atoms with van der Waals surface area (Å²) < 4.78 is 2.48. The fraction of sp³-hybridized carbons (Fsp3) is 0.217. The van der Waals surface area contributed by atoms with Crippen molar-refractivity contribution in [3.05, 3.63) is 72.8 Å². The summed E-state index contributed by atoms with van der Waals surface area (Å²) in [6, 6.07) is 26.2. The van der Waals surface area contributed by atoms with E-state index in [9.17, 15) is 0 Å². The molecule has 0 aliphatic rings. The topological polar surface area (TPSA) is 8.17 Å². The van der Waals surface area contributed by atoms with Crippen molar-refractivity contribution in [3.63, 3.8) is 0 Å². The molecule has 0 saturated carbocycles. The average molecular weight is 328 g/mol. The zero-order valence-corrected chi connectivity index (χ0v) is 14.9. The molecule has 0 aliphatic heterocycles. The van der Waals surface area contributed by atoms with Crippen LogP contribution >= 0.6 is 0 Å². The normalized spacial score (nSPS) is 11.6. The van der Waals surface area contributed by atoms with Gasteiger partial charge in [0.15, 0.2) is 0 Å². The number of nitrogens with zero attached hydrogens (tertiary/aromatic N) is 2. The van der Waals surface area contributed by atoms with Crippen molar-refractivity contribution in [2.45, 2.75) is 13.5 Å². The first-order valence-corrected chi connectivity index (χ1v) is 9.03. The van der Waals surface area contributed by atoms with Crippen molar-refractivity contribution in [3.8, 4) is 11.1 Å². The first-order chi connectivity index (χ1) is 12.3. The van der Waals surface area contributed by atoms with E-state index in [0.717, 1.165) is 19.6 Å². The minimum Gasteiger partial charge on any atom is -0.339 e. The van der Waals surface area contributed by atoms with Crippen LogP contribution in [-0.4, -0.2) is 29.6 Å². The van der Waals surface area contributed by atoms with E-state index in [4.69, 9.17) is 0 Å². The average Bonchev–Trinajstić information content (AvgIpc) is 3.00. The fourth-order valence-electron chi connectivity index (χ4n) is 3.63. The van der Waals surface area contributed by atoms with Gasteiger partial charge in [-0.25, -0.2) is 0 Å². The van der Waals surface area contributed by atoms with Gasteiger partial charge in [-0.1, -0.05) is 67.6 Å². The lowest BCUT2D eigenvalue weighted by Crippen LogP contribution is -2.22. The largest absolute Gasteiger partial charge is 0.339 e. The van der Waals surface area contributed by atoms with Crippen LogP contribution in [0.3, 0.4) is 0 Å². The van der Waals surface area contributed by atoms with Crippen molar-refractivity contribution < 1.29 is 0 Å². The fourth-order valence-corrected chi connectivity index (χ4v) is 3.63. The predicted octanol–water partition coefficient (Wildman–Crippen LogP) is 5.41. The second-order valence-electron chi connectivity index (χ2n) is 6.63. The number of hydrogen-bond acceptors (Lipinski definition) is 1. The first kappa shape index (κ1) is 15.9. The Morgan fingerprint density at radius 2 is 1.52 bits per heavy atom. The smallest absolute Gasteiger partial charge is 0.0498 e. The standard InChI is InChI=1S/C23H24N2/c1-3-24(2)16-17-25-21-14-8-7-12-20(21)23-19(13-9-15-22(23)25)18-10-5-4-6-11-18/h4-15H,3,16-17H2,1-2H3. The zero-order valence-electron chi connectivity index (χ0n) is 14.9. The molecule has 2 heteroatoms. The predicted molar refractivity (Wildman–Crippen MR) is 108 cm³/mol.